The van der Waals surface area contributed by atoms with E-state index in [9.17, 15) is 9.59 Å². The average Bonchev–Trinajstić information content (AvgIpc) is 3.41. The molecule has 1 aliphatic rings. The molecule has 6 atom stereocenters. The molecular formula is C41H69BNO12PSi3. The molecule has 0 amide bonds. The van der Waals surface area contributed by atoms with E-state index in [4.69, 9.17) is 53.8 Å². The summed E-state index contributed by atoms with van der Waals surface area (Å²) in [7, 11) is -2.23. The van der Waals surface area contributed by atoms with Gasteiger partial charge in [0.05, 0.1) is 19.8 Å². The van der Waals surface area contributed by atoms with Crippen LogP contribution in [-0.4, -0.2) is 132 Å². The predicted molar refractivity (Wildman–Crippen MR) is 238 cm³/mol. The van der Waals surface area contributed by atoms with E-state index >= 15 is 0 Å². The second-order valence-corrected chi connectivity index (χ2v) is 32.4. The lowest BCUT2D eigenvalue weighted by Gasteiger charge is -2.41. The first-order valence-corrected chi connectivity index (χ1v) is 31.2. The molecule has 2 aromatic rings. The van der Waals surface area contributed by atoms with Crippen molar-refractivity contribution in [1.82, 2.24) is 4.67 Å². The van der Waals surface area contributed by atoms with E-state index in [1.165, 1.54) is 13.8 Å². The Morgan fingerprint density at radius 2 is 1.27 bits per heavy atom. The van der Waals surface area contributed by atoms with Crippen molar-refractivity contribution in [3.8, 4) is 0 Å². The third-order valence-corrected chi connectivity index (χ3v) is 21.7. The molecule has 18 heteroatoms. The first-order chi connectivity index (χ1) is 27.6. The maximum Gasteiger partial charge on any atom is 0.488 e. The van der Waals surface area contributed by atoms with E-state index in [2.05, 4.69) is 103 Å². The number of rotatable bonds is 26. The Bertz CT molecular complexity index is 1450. The number of ether oxygens (including phenoxy) is 6. The molecule has 1 heterocycles. The Hall–Kier alpha value is -1.83. The zero-order chi connectivity index (χ0) is 44.0. The summed E-state index contributed by atoms with van der Waals surface area (Å²) < 4.78 is 65.9. The van der Waals surface area contributed by atoms with Crippen LogP contribution in [0.3, 0.4) is 0 Å². The standard InChI is InChI=1S/C41H69BNO12PSi3/c1-30(2)43(31(3)4)56(7)53-38-36(51-40(42)39(38)52-41(48-26-24-46-32(5)44)49-27-25-47-33(6)45)28-50-59(29-57(8,9)10,55-58(11,12)13)54-37(34-20-16-14-17-21-34)35-22-18-15-19-23-35/h14-23,30-31,36-41H,24-29H2,1-13H3/t36-,38?,39+,40-,56?,59?/m1/s1. The minimum Gasteiger partial charge on any atom is -0.463 e. The summed E-state index contributed by atoms with van der Waals surface area (Å²) in [6.07, 6.45) is -2.80. The van der Waals surface area contributed by atoms with Crippen molar-refractivity contribution in [2.75, 3.05) is 39.7 Å². The summed E-state index contributed by atoms with van der Waals surface area (Å²) in [6.45, 7) is 25.2. The molecule has 1 aliphatic heterocycles. The Morgan fingerprint density at radius 3 is 1.69 bits per heavy atom. The highest BCUT2D eigenvalue weighted by molar-refractivity contribution is 7.49. The lowest BCUT2D eigenvalue weighted by molar-refractivity contribution is -0.313. The largest absolute Gasteiger partial charge is 0.488 e. The van der Waals surface area contributed by atoms with Gasteiger partial charge in [0.15, 0.2) is 8.32 Å². The van der Waals surface area contributed by atoms with E-state index in [0.29, 0.717) is 5.67 Å². The van der Waals surface area contributed by atoms with Gasteiger partial charge in [0, 0.05) is 45.7 Å². The number of carbonyl (C=O) groups excluding carboxylic acids is 2. The SMILES string of the molecule is [B][C@@H]1O[C@H](CO[Si](C[Si](C)(C)C)(OC(c2ccccc2)c2ccccc2)O[Si](C)(C)C)C(OP(C)N(C(C)C)C(C)C)[C@@H]1OC(OCCOC(C)=O)OCCOC(C)=O. The van der Waals surface area contributed by atoms with Crippen LogP contribution in [0, 0.1) is 0 Å². The van der Waals surface area contributed by atoms with Gasteiger partial charge in [0.1, 0.15) is 53.8 Å². The quantitative estimate of drug-likeness (QED) is 0.0302. The van der Waals surface area contributed by atoms with Crippen molar-refractivity contribution >= 4 is 53.3 Å². The molecule has 13 nitrogen and oxygen atoms in total. The van der Waals surface area contributed by atoms with E-state index in [-0.39, 0.29) is 45.1 Å². The number of esters is 2. The van der Waals surface area contributed by atoms with Gasteiger partial charge in [-0.3, -0.25) is 14.3 Å². The monoisotopic (exact) mass is 893 g/mol. The van der Waals surface area contributed by atoms with E-state index in [1.807, 2.05) is 36.4 Å². The smallest absolute Gasteiger partial charge is 0.463 e. The van der Waals surface area contributed by atoms with Crippen molar-refractivity contribution in [3.05, 3.63) is 71.8 Å². The van der Waals surface area contributed by atoms with Crippen LogP contribution in [0.2, 0.25) is 44.9 Å². The van der Waals surface area contributed by atoms with Crippen LogP contribution in [0.25, 0.3) is 0 Å². The van der Waals surface area contributed by atoms with Crippen LogP contribution in [-0.2, 0) is 55.5 Å². The molecule has 1 fully saturated rings. The molecule has 2 radical (unpaired) electrons. The van der Waals surface area contributed by atoms with Crippen LogP contribution < -0.4 is 0 Å². The Balaban J connectivity index is 2.06. The highest BCUT2D eigenvalue weighted by Crippen LogP contribution is 2.46. The summed E-state index contributed by atoms with van der Waals surface area (Å²) in [5.74, 6) is -0.898. The highest BCUT2D eigenvalue weighted by atomic mass is 31.2. The summed E-state index contributed by atoms with van der Waals surface area (Å²) in [6, 6.07) is 19.7. The number of benzene rings is 2. The normalized spacial score (nSPS) is 20.4. The summed E-state index contributed by atoms with van der Waals surface area (Å²) in [5.41, 5.74) is 2.65. The molecule has 3 unspecified atom stereocenters. The number of hydrogen-bond acceptors (Lipinski definition) is 13. The maximum atomic E-state index is 11.4. The van der Waals surface area contributed by atoms with Crippen LogP contribution in [0.15, 0.2) is 60.7 Å². The van der Waals surface area contributed by atoms with Crippen molar-refractivity contribution in [3.63, 3.8) is 0 Å². The number of carbonyl (C=O) groups is 2. The van der Waals surface area contributed by atoms with Gasteiger partial charge in [-0.05, 0) is 65.1 Å². The van der Waals surface area contributed by atoms with Gasteiger partial charge < -0.3 is 45.9 Å². The fourth-order valence-electron chi connectivity index (χ4n) is 6.87. The van der Waals surface area contributed by atoms with Crippen LogP contribution in [0.4, 0.5) is 0 Å². The molecule has 3 rings (SSSR count). The Kier molecular flexibility index (Phi) is 21.1. The summed E-state index contributed by atoms with van der Waals surface area (Å²) in [5, 5.41) is 0. The van der Waals surface area contributed by atoms with Crippen molar-refractivity contribution in [2.24, 2.45) is 0 Å². The second kappa shape index (κ2) is 24.1. The fourth-order valence-corrected chi connectivity index (χ4v) is 21.0. The molecule has 0 aliphatic carbocycles. The molecule has 1 saturated heterocycles. The third-order valence-electron chi connectivity index (χ3n) is 8.74. The van der Waals surface area contributed by atoms with Gasteiger partial charge in [0.2, 0.25) is 0 Å². The molecule has 0 saturated carbocycles. The van der Waals surface area contributed by atoms with Gasteiger partial charge in [-0.25, -0.2) is 0 Å². The van der Waals surface area contributed by atoms with Crippen LogP contribution >= 0.6 is 8.30 Å². The van der Waals surface area contributed by atoms with E-state index in [0.717, 1.165) is 11.1 Å². The van der Waals surface area contributed by atoms with Crippen LogP contribution in [0.5, 0.6) is 0 Å². The first-order valence-electron chi connectivity index (χ1n) is 20.5. The topological polar surface area (TPSA) is 130 Å². The molecule has 2 aromatic carbocycles. The molecule has 0 N–H and O–H groups in total. The lowest BCUT2D eigenvalue weighted by Crippen LogP contribution is -2.58. The Morgan fingerprint density at radius 1 is 0.780 bits per heavy atom. The summed E-state index contributed by atoms with van der Waals surface area (Å²) >= 11 is 0. The average molecular weight is 894 g/mol. The number of nitrogens with zero attached hydrogens (tertiary/aromatic N) is 1. The second-order valence-electron chi connectivity index (χ2n) is 17.3. The zero-order valence-electron chi connectivity index (χ0n) is 37.5. The zero-order valence-corrected chi connectivity index (χ0v) is 41.4. The highest BCUT2D eigenvalue weighted by Gasteiger charge is 2.53. The van der Waals surface area contributed by atoms with Crippen molar-refractivity contribution in [1.29, 1.82) is 0 Å². The molecule has 0 aromatic heterocycles. The van der Waals surface area contributed by atoms with Crippen molar-refractivity contribution < 1.29 is 55.5 Å². The minimum atomic E-state index is -3.56. The van der Waals surface area contributed by atoms with E-state index < -0.39 is 82.3 Å². The predicted octanol–water partition coefficient (Wildman–Crippen LogP) is 7.64. The lowest BCUT2D eigenvalue weighted by atomic mass is 9.93. The molecule has 330 valence electrons. The van der Waals surface area contributed by atoms with Gasteiger partial charge in [-0.15, -0.1) is 0 Å². The van der Waals surface area contributed by atoms with Gasteiger partial charge in [-0.2, -0.15) is 0 Å². The summed E-state index contributed by atoms with van der Waals surface area (Å²) in [4.78, 5) is 22.9. The minimum absolute atomic E-state index is 0.0298. The third kappa shape index (κ3) is 18.2. The molecular weight excluding hydrogens is 824 g/mol. The van der Waals surface area contributed by atoms with Crippen molar-refractivity contribution in [2.45, 2.75) is 135 Å². The van der Waals surface area contributed by atoms with E-state index in [1.54, 1.807) is 0 Å². The Labute approximate surface area is 359 Å². The maximum absolute atomic E-state index is 11.4. The molecule has 0 spiro atoms. The molecule has 59 heavy (non-hydrogen) atoms. The fraction of sp³-hybridized carbons (Fsp3) is 0.659. The number of hydrogen-bond donors (Lipinski definition) is 0. The van der Waals surface area contributed by atoms with Gasteiger partial charge in [-0.1, -0.05) is 80.3 Å². The first kappa shape index (κ1) is 51.5. The van der Waals surface area contributed by atoms with Gasteiger partial charge in [0.25, 0.3) is 6.48 Å². The molecule has 0 bridgehead atoms. The van der Waals surface area contributed by atoms with Gasteiger partial charge >= 0.3 is 20.7 Å². The van der Waals surface area contributed by atoms with Crippen LogP contribution in [0.1, 0.15) is 58.8 Å².